The molecular weight excluding hydrogens is 332 g/mol. The van der Waals surface area contributed by atoms with Gasteiger partial charge in [0, 0.05) is 12.5 Å². The molecule has 2 rings (SSSR count). The van der Waals surface area contributed by atoms with E-state index in [9.17, 15) is 20.1 Å². The van der Waals surface area contributed by atoms with Crippen molar-refractivity contribution in [3.05, 3.63) is 65.2 Å². The van der Waals surface area contributed by atoms with E-state index in [-0.39, 0.29) is 23.5 Å². The van der Waals surface area contributed by atoms with Gasteiger partial charge in [0.05, 0.1) is 12.7 Å². The molecule has 5 nitrogen and oxygen atoms in total. The number of allylic oxidation sites excluding steroid dienone is 1. The molecule has 26 heavy (non-hydrogen) atoms. The predicted molar refractivity (Wildman–Crippen MR) is 99.9 cm³/mol. The van der Waals surface area contributed by atoms with Gasteiger partial charge in [-0.3, -0.25) is 4.79 Å². The van der Waals surface area contributed by atoms with E-state index < -0.39 is 11.9 Å². The number of hydrogen-bond donors (Lipinski definition) is 3. The summed E-state index contributed by atoms with van der Waals surface area (Å²) in [6.07, 6.45) is -0.0335. The summed E-state index contributed by atoms with van der Waals surface area (Å²) in [5.41, 5.74) is 2.25. The van der Waals surface area contributed by atoms with Gasteiger partial charge in [0.15, 0.2) is 5.78 Å². The molecule has 0 saturated carbocycles. The number of carbonyl (C=O) groups is 1. The maximum absolute atomic E-state index is 12.6. The molecule has 0 saturated heterocycles. The molecule has 5 heteroatoms. The second kappa shape index (κ2) is 8.54. The Bertz CT molecular complexity index is 793. The summed E-state index contributed by atoms with van der Waals surface area (Å²) in [6, 6.07) is 9.61. The summed E-state index contributed by atoms with van der Waals surface area (Å²) < 4.78 is 5.08. The van der Waals surface area contributed by atoms with Crippen molar-refractivity contribution in [2.75, 3.05) is 7.11 Å². The minimum absolute atomic E-state index is 0.000488. The number of ketones is 1. The van der Waals surface area contributed by atoms with E-state index in [1.807, 2.05) is 6.92 Å². The number of aryl methyl sites for hydroxylation is 1. The molecule has 0 amide bonds. The van der Waals surface area contributed by atoms with Crippen LogP contribution in [0.15, 0.2) is 48.6 Å². The fourth-order valence-corrected chi connectivity index (χ4v) is 2.62. The zero-order chi connectivity index (χ0) is 19.3. The highest BCUT2D eigenvalue weighted by Gasteiger charge is 2.22. The second-order valence-corrected chi connectivity index (χ2v) is 6.39. The summed E-state index contributed by atoms with van der Waals surface area (Å²) in [7, 11) is 1.56. The molecule has 0 spiro atoms. The van der Waals surface area contributed by atoms with Crippen molar-refractivity contribution in [3.8, 4) is 17.2 Å². The van der Waals surface area contributed by atoms with E-state index in [2.05, 4.69) is 6.58 Å². The number of aliphatic hydroxyl groups excluding tert-OH is 1. The molecule has 0 aromatic heterocycles. The summed E-state index contributed by atoms with van der Waals surface area (Å²) >= 11 is 0. The molecule has 0 bridgehead atoms. The van der Waals surface area contributed by atoms with Crippen LogP contribution in [-0.4, -0.2) is 34.3 Å². The largest absolute Gasteiger partial charge is 0.508 e. The van der Waals surface area contributed by atoms with Gasteiger partial charge in [-0.05, 0) is 49.1 Å². The van der Waals surface area contributed by atoms with Crippen molar-refractivity contribution in [2.45, 2.75) is 32.3 Å². The third kappa shape index (κ3) is 4.86. The Morgan fingerprint density at radius 2 is 1.81 bits per heavy atom. The summed E-state index contributed by atoms with van der Waals surface area (Å²) in [6.45, 7) is 5.69. The second-order valence-electron chi connectivity index (χ2n) is 6.39. The smallest absolute Gasteiger partial charge is 0.195 e. The molecule has 2 aromatic carbocycles. The van der Waals surface area contributed by atoms with E-state index in [0.717, 1.165) is 17.2 Å². The Morgan fingerprint density at radius 1 is 1.15 bits per heavy atom. The molecule has 0 unspecified atom stereocenters. The van der Waals surface area contributed by atoms with Gasteiger partial charge in [0.25, 0.3) is 0 Å². The molecule has 0 aliphatic rings. The third-order valence-electron chi connectivity index (χ3n) is 4.17. The minimum atomic E-state index is -1.30. The van der Waals surface area contributed by atoms with Crippen molar-refractivity contribution in [3.63, 3.8) is 0 Å². The average molecular weight is 356 g/mol. The van der Waals surface area contributed by atoms with Gasteiger partial charge >= 0.3 is 0 Å². The first-order valence-electron chi connectivity index (χ1n) is 8.36. The maximum Gasteiger partial charge on any atom is 0.195 e. The lowest BCUT2D eigenvalue weighted by atomic mass is 9.95. The van der Waals surface area contributed by atoms with E-state index in [1.54, 1.807) is 31.4 Å². The summed E-state index contributed by atoms with van der Waals surface area (Å²) in [5, 5.41) is 30.3. The molecular formula is C21H24O5. The average Bonchev–Trinajstić information content (AvgIpc) is 2.61. The standard InChI is InChI=1S/C21H24O5/c1-13(2)4-7-15-11-17(19(23)12-18(15)22)21(25)20(24)10-14-5-8-16(26-3)9-6-14/h5-6,8-9,11-12,20,22-24H,1,4,7,10H2,2-3H3/t20-/m0/s1. The molecule has 0 aliphatic carbocycles. The predicted octanol–water partition coefficient (Wildman–Crippen LogP) is 3.40. The maximum atomic E-state index is 12.6. The van der Waals surface area contributed by atoms with E-state index in [1.165, 1.54) is 6.07 Å². The van der Waals surface area contributed by atoms with Crippen LogP contribution in [0.3, 0.4) is 0 Å². The van der Waals surface area contributed by atoms with E-state index in [0.29, 0.717) is 24.2 Å². The Morgan fingerprint density at radius 3 is 2.38 bits per heavy atom. The number of carbonyl (C=O) groups excluding carboxylic acids is 1. The first-order chi connectivity index (χ1) is 12.3. The molecule has 2 aromatic rings. The monoisotopic (exact) mass is 356 g/mol. The lowest BCUT2D eigenvalue weighted by molar-refractivity contribution is 0.0745. The Hall–Kier alpha value is -2.79. The van der Waals surface area contributed by atoms with E-state index >= 15 is 0 Å². The van der Waals surface area contributed by atoms with Crippen molar-refractivity contribution in [1.29, 1.82) is 0 Å². The molecule has 1 atom stereocenters. The topological polar surface area (TPSA) is 87.0 Å². The van der Waals surface area contributed by atoms with Crippen LogP contribution in [0.2, 0.25) is 0 Å². The number of benzene rings is 2. The number of aliphatic hydroxyl groups is 1. The van der Waals surface area contributed by atoms with Gasteiger partial charge in [0.1, 0.15) is 23.4 Å². The number of rotatable bonds is 8. The van der Waals surface area contributed by atoms with Crippen LogP contribution in [0, 0.1) is 0 Å². The highest BCUT2D eigenvalue weighted by molar-refractivity contribution is 6.02. The number of ether oxygens (including phenoxy) is 1. The quantitative estimate of drug-likeness (QED) is 0.498. The van der Waals surface area contributed by atoms with Crippen LogP contribution in [0.5, 0.6) is 17.2 Å². The van der Waals surface area contributed by atoms with Gasteiger partial charge in [-0.1, -0.05) is 17.7 Å². The number of phenols is 2. The SMILES string of the molecule is C=C(C)CCc1cc(C(=O)[C@@H](O)Cc2ccc(OC)cc2)c(O)cc1O. The van der Waals surface area contributed by atoms with Crippen molar-refractivity contribution in [1.82, 2.24) is 0 Å². The Labute approximate surface area is 153 Å². The molecule has 0 heterocycles. The normalized spacial score (nSPS) is 11.8. The number of hydrogen-bond acceptors (Lipinski definition) is 5. The highest BCUT2D eigenvalue weighted by Crippen LogP contribution is 2.30. The zero-order valence-electron chi connectivity index (χ0n) is 15.0. The summed E-state index contributed by atoms with van der Waals surface area (Å²) in [5.74, 6) is -0.326. The number of phenolic OH excluding ortho intramolecular Hbond substituents is 2. The molecule has 3 N–H and O–H groups in total. The van der Waals surface area contributed by atoms with Crippen LogP contribution in [0.1, 0.15) is 34.8 Å². The van der Waals surface area contributed by atoms with Crippen LogP contribution >= 0.6 is 0 Å². The van der Waals surface area contributed by atoms with Crippen LogP contribution < -0.4 is 4.74 Å². The van der Waals surface area contributed by atoms with Gasteiger partial charge in [0.2, 0.25) is 0 Å². The lowest BCUT2D eigenvalue weighted by Crippen LogP contribution is -2.23. The Kier molecular flexibility index (Phi) is 6.41. The van der Waals surface area contributed by atoms with Crippen LogP contribution in [0.4, 0.5) is 0 Å². The van der Waals surface area contributed by atoms with Gasteiger partial charge in [-0.15, -0.1) is 6.58 Å². The zero-order valence-corrected chi connectivity index (χ0v) is 15.0. The Balaban J connectivity index is 2.18. The summed E-state index contributed by atoms with van der Waals surface area (Å²) in [4.78, 5) is 12.6. The van der Waals surface area contributed by atoms with Gasteiger partial charge in [-0.25, -0.2) is 0 Å². The van der Waals surface area contributed by atoms with Gasteiger partial charge < -0.3 is 20.1 Å². The molecule has 138 valence electrons. The number of Topliss-reactive ketones (excluding diaryl/α,β-unsaturated/α-hetero) is 1. The molecule has 0 aliphatic heterocycles. The number of methoxy groups -OCH3 is 1. The minimum Gasteiger partial charge on any atom is -0.508 e. The highest BCUT2D eigenvalue weighted by atomic mass is 16.5. The van der Waals surface area contributed by atoms with Crippen molar-refractivity contribution < 1.29 is 24.9 Å². The lowest BCUT2D eigenvalue weighted by Gasteiger charge is -2.14. The first kappa shape index (κ1) is 19.5. The first-order valence-corrected chi connectivity index (χ1v) is 8.36. The van der Waals surface area contributed by atoms with E-state index in [4.69, 9.17) is 4.74 Å². The fourth-order valence-electron chi connectivity index (χ4n) is 2.62. The molecule has 0 radical (unpaired) electrons. The third-order valence-corrected chi connectivity index (χ3v) is 4.17. The molecule has 0 fully saturated rings. The van der Waals surface area contributed by atoms with Crippen LogP contribution in [-0.2, 0) is 12.8 Å². The van der Waals surface area contributed by atoms with Gasteiger partial charge in [-0.2, -0.15) is 0 Å². The van der Waals surface area contributed by atoms with Crippen LogP contribution in [0.25, 0.3) is 0 Å². The fraction of sp³-hybridized carbons (Fsp3) is 0.286. The van der Waals surface area contributed by atoms with Crippen molar-refractivity contribution in [2.24, 2.45) is 0 Å². The van der Waals surface area contributed by atoms with Crippen molar-refractivity contribution >= 4 is 5.78 Å². The number of aromatic hydroxyl groups is 2.